The first-order valence-electron chi connectivity index (χ1n) is 11.2. The number of anilines is 1. The summed E-state index contributed by atoms with van der Waals surface area (Å²) in [6, 6.07) is 2.98. The van der Waals surface area contributed by atoms with Gasteiger partial charge in [-0.25, -0.2) is 4.79 Å². The number of hydrogen-bond acceptors (Lipinski definition) is 6. The molecule has 3 rings (SSSR count). The maximum atomic E-state index is 13.2. The van der Waals surface area contributed by atoms with E-state index in [1.54, 1.807) is 23.5 Å². The summed E-state index contributed by atoms with van der Waals surface area (Å²) in [6.45, 7) is 0.463. The van der Waals surface area contributed by atoms with E-state index in [0.717, 1.165) is 12.8 Å². The second-order valence-corrected chi connectivity index (χ2v) is 9.90. The van der Waals surface area contributed by atoms with Gasteiger partial charge in [0.1, 0.15) is 23.5 Å². The Hall–Kier alpha value is -2.95. The van der Waals surface area contributed by atoms with Crippen LogP contribution in [-0.2, 0) is 19.1 Å². The molecule has 1 aliphatic heterocycles. The van der Waals surface area contributed by atoms with Crippen LogP contribution in [0.5, 0.6) is 0 Å². The molecule has 4 N–H and O–H groups in total. The van der Waals surface area contributed by atoms with Crippen LogP contribution in [0.25, 0.3) is 0 Å². The summed E-state index contributed by atoms with van der Waals surface area (Å²) in [4.78, 5) is 62.7. The molecule has 178 valence electrons. The molecule has 2 aliphatic rings. The molecule has 0 radical (unpaired) electrons. The molecule has 2 fully saturated rings. The molecular weight excluding hydrogens is 460 g/mol. The van der Waals surface area contributed by atoms with E-state index in [1.165, 1.54) is 18.2 Å². The third kappa shape index (κ3) is 7.28. The Morgan fingerprint density at radius 2 is 1.88 bits per heavy atom. The molecule has 34 heavy (non-hydrogen) atoms. The summed E-state index contributed by atoms with van der Waals surface area (Å²) in [5.41, 5.74) is 0.0954. The van der Waals surface area contributed by atoms with Crippen molar-refractivity contribution in [2.45, 2.75) is 43.1 Å². The van der Waals surface area contributed by atoms with Crippen LogP contribution in [0.15, 0.2) is 18.2 Å². The first-order valence-corrected chi connectivity index (χ1v) is 11.5. The molecule has 0 unspecified atom stereocenters. The van der Waals surface area contributed by atoms with Crippen LogP contribution in [0.3, 0.4) is 0 Å². The molecule has 0 spiro atoms. The molecule has 0 aromatic heterocycles. The van der Waals surface area contributed by atoms with Crippen LogP contribution in [0.2, 0.25) is 5.02 Å². The van der Waals surface area contributed by atoms with Gasteiger partial charge < -0.3 is 20.7 Å². The van der Waals surface area contributed by atoms with Crippen molar-refractivity contribution in [3.8, 4) is 0 Å². The van der Waals surface area contributed by atoms with Gasteiger partial charge in [-0.2, -0.15) is 0 Å². The number of carbonyl (C=O) groups excluding carboxylic acids is 5. The van der Waals surface area contributed by atoms with E-state index < -0.39 is 40.9 Å². The minimum Gasteiger partial charge on any atom is -0.470 e. The van der Waals surface area contributed by atoms with Gasteiger partial charge in [0.15, 0.2) is 0 Å². The highest BCUT2D eigenvalue weighted by Crippen LogP contribution is 2.23. The van der Waals surface area contributed by atoms with Crippen molar-refractivity contribution in [2.24, 2.45) is 5.92 Å². The lowest BCUT2D eigenvalue weighted by Gasteiger charge is -2.22. The Bertz CT molecular complexity index is 1010. The standard InChI is InChI=1S/C20H26B3ClN4O6/c21-20(22,23)34-19(33)28-13-4-1-10(24)8-12(13)17(31)27-14(7-9-5-6-25-16(9)30)15(29)18(32)26-11-2-3-11/h1,4,8-9,11,14H,2-3,5-7,21-23H2,(H,25,30)(H,26,32)(H,27,31)(H,28,33)/t9-,14-/m0/s1. The number of hydrogen-bond donors (Lipinski definition) is 4. The second-order valence-electron chi connectivity index (χ2n) is 9.47. The van der Waals surface area contributed by atoms with Gasteiger partial charge in [-0.05, 0) is 43.9 Å². The predicted octanol–water partition coefficient (Wildman–Crippen LogP) is -2.13. The van der Waals surface area contributed by atoms with Crippen LogP contribution in [0.1, 0.15) is 36.0 Å². The zero-order valence-electron chi connectivity index (χ0n) is 19.3. The summed E-state index contributed by atoms with van der Waals surface area (Å²) in [5.74, 6) is -3.11. The van der Waals surface area contributed by atoms with E-state index in [9.17, 15) is 24.0 Å². The monoisotopic (exact) mass is 486 g/mol. The lowest BCUT2D eigenvalue weighted by molar-refractivity contribution is -0.139. The molecular formula is C20H26B3ClN4O6. The largest absolute Gasteiger partial charge is 0.470 e. The van der Waals surface area contributed by atoms with Crippen molar-refractivity contribution >= 4 is 70.4 Å². The second kappa shape index (κ2) is 10.5. The number of rotatable bonds is 9. The molecule has 1 saturated carbocycles. The molecule has 1 aromatic rings. The average molecular weight is 486 g/mol. The minimum absolute atomic E-state index is 0.0189. The first kappa shape index (κ1) is 25.7. The van der Waals surface area contributed by atoms with Crippen molar-refractivity contribution < 1.29 is 28.7 Å². The Labute approximate surface area is 204 Å². The fourth-order valence-electron chi connectivity index (χ4n) is 3.49. The summed E-state index contributed by atoms with van der Waals surface area (Å²) in [7, 11) is 5.10. The molecule has 14 heteroatoms. The zero-order chi connectivity index (χ0) is 25.0. The number of benzene rings is 1. The van der Waals surface area contributed by atoms with Crippen molar-refractivity contribution in [3.05, 3.63) is 28.8 Å². The van der Waals surface area contributed by atoms with Crippen molar-refractivity contribution in [1.29, 1.82) is 0 Å². The van der Waals surface area contributed by atoms with Crippen LogP contribution in [-0.4, -0.2) is 77.1 Å². The lowest BCUT2D eigenvalue weighted by Crippen LogP contribution is -2.49. The van der Waals surface area contributed by atoms with E-state index >= 15 is 0 Å². The highest BCUT2D eigenvalue weighted by Gasteiger charge is 2.36. The van der Waals surface area contributed by atoms with Gasteiger partial charge in [-0.1, -0.05) is 11.6 Å². The Kier molecular flexibility index (Phi) is 7.96. The summed E-state index contributed by atoms with van der Waals surface area (Å²) in [5, 5.41) is 9.84. The van der Waals surface area contributed by atoms with Gasteiger partial charge in [0, 0.05) is 28.8 Å². The van der Waals surface area contributed by atoms with Crippen LogP contribution in [0.4, 0.5) is 10.5 Å². The van der Waals surface area contributed by atoms with Crippen LogP contribution in [0, 0.1) is 5.92 Å². The number of ether oxygens (including phenoxy) is 1. The molecule has 1 aliphatic carbocycles. The van der Waals surface area contributed by atoms with Crippen LogP contribution < -0.4 is 21.3 Å². The fourth-order valence-corrected chi connectivity index (χ4v) is 3.66. The maximum Gasteiger partial charge on any atom is 0.409 e. The normalized spacial score (nSPS) is 18.4. The van der Waals surface area contributed by atoms with E-state index in [0.29, 0.717) is 13.0 Å². The third-order valence-corrected chi connectivity index (χ3v) is 5.54. The smallest absolute Gasteiger partial charge is 0.409 e. The predicted molar refractivity (Wildman–Crippen MR) is 133 cm³/mol. The van der Waals surface area contributed by atoms with Gasteiger partial charge in [0.2, 0.25) is 11.7 Å². The van der Waals surface area contributed by atoms with Gasteiger partial charge in [0.25, 0.3) is 11.8 Å². The van der Waals surface area contributed by atoms with E-state index in [2.05, 4.69) is 21.3 Å². The van der Waals surface area contributed by atoms with E-state index in [-0.39, 0.29) is 34.6 Å². The Balaban J connectivity index is 1.79. The number of Topliss-reactive ketones (excluding diaryl/α,β-unsaturated/α-hetero) is 1. The molecule has 1 heterocycles. The highest BCUT2D eigenvalue weighted by atomic mass is 35.5. The van der Waals surface area contributed by atoms with E-state index in [4.69, 9.17) is 16.3 Å². The van der Waals surface area contributed by atoms with Gasteiger partial charge in [-0.3, -0.25) is 24.5 Å². The van der Waals surface area contributed by atoms with Crippen LogP contribution >= 0.6 is 11.6 Å². The summed E-state index contributed by atoms with van der Waals surface area (Å²) in [6.07, 6.45) is 1.28. The third-order valence-electron chi connectivity index (χ3n) is 5.30. The zero-order valence-corrected chi connectivity index (χ0v) is 20.1. The molecule has 4 amide bonds. The SMILES string of the molecule is BC(B)(B)OC(=O)Nc1ccc(Cl)cc1C(=O)N[C@@H](C[C@@H]1CCNC1=O)C(=O)C(=O)NC1CC1. The molecule has 1 aromatic carbocycles. The fraction of sp³-hybridized carbons (Fsp3) is 0.450. The first-order chi connectivity index (χ1) is 15.9. The topological polar surface area (TPSA) is 143 Å². The Morgan fingerprint density at radius 1 is 1.18 bits per heavy atom. The summed E-state index contributed by atoms with van der Waals surface area (Å²) < 4.78 is 5.23. The number of ketones is 1. The molecule has 2 atom stereocenters. The summed E-state index contributed by atoms with van der Waals surface area (Å²) >= 11 is 6.07. The van der Waals surface area contributed by atoms with E-state index in [1.807, 2.05) is 0 Å². The van der Waals surface area contributed by atoms with Crippen molar-refractivity contribution in [2.75, 3.05) is 11.9 Å². The maximum absolute atomic E-state index is 13.2. The Morgan fingerprint density at radius 3 is 2.47 bits per heavy atom. The molecule has 10 nitrogen and oxygen atoms in total. The lowest BCUT2D eigenvalue weighted by atomic mass is 9.52. The average Bonchev–Trinajstić information content (AvgIpc) is 3.46. The number of amides is 4. The van der Waals surface area contributed by atoms with Crippen molar-refractivity contribution in [3.63, 3.8) is 0 Å². The van der Waals surface area contributed by atoms with Gasteiger partial charge in [-0.15, -0.1) is 0 Å². The molecule has 1 saturated heterocycles. The quantitative estimate of drug-likeness (QED) is 0.232. The number of nitrogens with one attached hydrogen (secondary N) is 4. The van der Waals surface area contributed by atoms with Gasteiger partial charge >= 0.3 is 6.09 Å². The number of carbonyl (C=O) groups is 5. The number of halogens is 1. The highest BCUT2D eigenvalue weighted by molar-refractivity contribution is 6.58. The molecule has 0 bridgehead atoms. The minimum atomic E-state index is -1.23. The van der Waals surface area contributed by atoms with Gasteiger partial charge in [0.05, 0.1) is 17.3 Å². The van der Waals surface area contributed by atoms with Crippen molar-refractivity contribution in [1.82, 2.24) is 16.0 Å².